The molecule has 2 unspecified atom stereocenters. The molecule has 1 heterocycles. The standard InChI is InChI=1S/C21H27NO3/c1-2-21(24,18-8-10-19(23)11-9-18)20(17-6-4-3-5-7-17)16-22-12-14-25-15-13-22/h3-11,20,23-24H,2,12-16H2,1H3. The Kier molecular flexibility index (Phi) is 5.74. The van der Waals surface area contributed by atoms with Crippen molar-refractivity contribution in [1.82, 2.24) is 4.90 Å². The van der Waals surface area contributed by atoms with Crippen LogP contribution in [0.2, 0.25) is 0 Å². The van der Waals surface area contributed by atoms with E-state index >= 15 is 0 Å². The molecule has 0 aliphatic carbocycles. The second kappa shape index (κ2) is 8.00. The van der Waals surface area contributed by atoms with Crippen LogP contribution in [-0.2, 0) is 10.3 Å². The van der Waals surface area contributed by atoms with Crippen molar-refractivity contribution in [3.05, 3.63) is 65.7 Å². The molecule has 2 N–H and O–H groups in total. The Labute approximate surface area is 149 Å². The zero-order valence-electron chi connectivity index (χ0n) is 14.8. The summed E-state index contributed by atoms with van der Waals surface area (Å²) in [5.41, 5.74) is 0.981. The molecule has 2 atom stereocenters. The lowest BCUT2D eigenvalue weighted by atomic mass is 9.75. The molecule has 0 aromatic heterocycles. The van der Waals surface area contributed by atoms with E-state index in [9.17, 15) is 10.2 Å². The fourth-order valence-electron chi connectivity index (χ4n) is 3.66. The molecule has 0 amide bonds. The van der Waals surface area contributed by atoms with E-state index in [1.807, 2.05) is 37.3 Å². The van der Waals surface area contributed by atoms with Crippen LogP contribution in [0, 0.1) is 0 Å². The van der Waals surface area contributed by atoms with Gasteiger partial charge in [-0.15, -0.1) is 0 Å². The Hall–Kier alpha value is -1.88. The number of ether oxygens (including phenoxy) is 1. The minimum Gasteiger partial charge on any atom is -0.508 e. The minimum absolute atomic E-state index is 0.0543. The third-order valence-electron chi connectivity index (χ3n) is 5.23. The average molecular weight is 341 g/mol. The molecule has 1 fully saturated rings. The smallest absolute Gasteiger partial charge is 0.115 e. The SMILES string of the molecule is CCC(O)(c1ccc(O)cc1)C(CN1CCOCC1)c1ccccc1. The lowest BCUT2D eigenvalue weighted by Gasteiger charge is -2.40. The number of aromatic hydroxyl groups is 1. The van der Waals surface area contributed by atoms with Crippen molar-refractivity contribution in [2.24, 2.45) is 0 Å². The highest BCUT2D eigenvalue weighted by Crippen LogP contribution is 2.40. The van der Waals surface area contributed by atoms with Crippen LogP contribution in [0.15, 0.2) is 54.6 Å². The highest BCUT2D eigenvalue weighted by atomic mass is 16.5. The van der Waals surface area contributed by atoms with Gasteiger partial charge in [-0.3, -0.25) is 4.90 Å². The first kappa shape index (κ1) is 17.9. The largest absolute Gasteiger partial charge is 0.508 e. The summed E-state index contributed by atoms with van der Waals surface area (Å²) >= 11 is 0. The maximum Gasteiger partial charge on any atom is 0.115 e. The van der Waals surface area contributed by atoms with Crippen molar-refractivity contribution in [2.45, 2.75) is 24.9 Å². The van der Waals surface area contributed by atoms with E-state index in [1.54, 1.807) is 12.1 Å². The number of phenols is 1. The van der Waals surface area contributed by atoms with Crippen LogP contribution in [0.3, 0.4) is 0 Å². The quantitative estimate of drug-likeness (QED) is 0.848. The predicted octanol–water partition coefficient (Wildman–Crippen LogP) is 3.11. The third-order valence-corrected chi connectivity index (χ3v) is 5.23. The van der Waals surface area contributed by atoms with Crippen molar-refractivity contribution in [1.29, 1.82) is 0 Å². The van der Waals surface area contributed by atoms with Gasteiger partial charge in [-0.1, -0.05) is 49.4 Å². The normalized spacial score (nSPS) is 19.3. The van der Waals surface area contributed by atoms with Crippen LogP contribution in [0.25, 0.3) is 0 Å². The summed E-state index contributed by atoms with van der Waals surface area (Å²) < 4.78 is 5.46. The number of rotatable bonds is 6. The van der Waals surface area contributed by atoms with Crippen LogP contribution in [-0.4, -0.2) is 48.0 Å². The number of morpholine rings is 1. The summed E-state index contributed by atoms with van der Waals surface area (Å²) in [6.07, 6.45) is 0.599. The molecule has 1 saturated heterocycles. The number of hydrogen-bond acceptors (Lipinski definition) is 4. The first-order valence-corrected chi connectivity index (χ1v) is 9.00. The van der Waals surface area contributed by atoms with Crippen molar-refractivity contribution >= 4 is 0 Å². The molecule has 0 bridgehead atoms. The zero-order valence-corrected chi connectivity index (χ0v) is 14.8. The van der Waals surface area contributed by atoms with Crippen LogP contribution in [0.5, 0.6) is 5.75 Å². The highest BCUT2D eigenvalue weighted by molar-refractivity contribution is 5.35. The fourth-order valence-corrected chi connectivity index (χ4v) is 3.66. The average Bonchev–Trinajstić information content (AvgIpc) is 2.67. The Morgan fingerprint density at radius 1 is 1.04 bits per heavy atom. The maximum atomic E-state index is 11.7. The Morgan fingerprint density at radius 2 is 1.68 bits per heavy atom. The van der Waals surface area contributed by atoms with Gasteiger partial charge in [0.05, 0.1) is 18.8 Å². The van der Waals surface area contributed by atoms with Crippen LogP contribution in [0.4, 0.5) is 0 Å². The number of phenolic OH excluding ortho intramolecular Hbond substituents is 1. The second-order valence-corrected chi connectivity index (χ2v) is 6.70. The summed E-state index contributed by atoms with van der Waals surface area (Å²) in [6.45, 7) is 6.05. The molecule has 4 heteroatoms. The molecule has 1 aliphatic heterocycles. The lowest BCUT2D eigenvalue weighted by Crippen LogP contribution is -2.44. The molecule has 4 nitrogen and oxygen atoms in total. The molecule has 0 radical (unpaired) electrons. The minimum atomic E-state index is -0.993. The molecule has 2 aromatic carbocycles. The van der Waals surface area contributed by atoms with E-state index in [-0.39, 0.29) is 11.7 Å². The summed E-state index contributed by atoms with van der Waals surface area (Å²) in [6, 6.07) is 17.2. The Morgan fingerprint density at radius 3 is 2.28 bits per heavy atom. The van der Waals surface area contributed by atoms with Gasteiger partial charge < -0.3 is 14.9 Å². The molecule has 3 rings (SSSR count). The van der Waals surface area contributed by atoms with Gasteiger partial charge >= 0.3 is 0 Å². The summed E-state index contributed by atoms with van der Waals surface area (Å²) in [4.78, 5) is 2.36. The van der Waals surface area contributed by atoms with Gasteiger partial charge in [0.2, 0.25) is 0 Å². The van der Waals surface area contributed by atoms with Crippen molar-refractivity contribution in [3.63, 3.8) is 0 Å². The Bertz CT molecular complexity index is 653. The van der Waals surface area contributed by atoms with E-state index in [1.165, 1.54) is 0 Å². The summed E-state index contributed by atoms with van der Waals surface area (Å²) in [7, 11) is 0. The number of aliphatic hydroxyl groups is 1. The van der Waals surface area contributed by atoms with E-state index in [0.717, 1.165) is 44.0 Å². The van der Waals surface area contributed by atoms with Crippen LogP contribution >= 0.6 is 0 Å². The van der Waals surface area contributed by atoms with Gasteiger partial charge in [0.15, 0.2) is 0 Å². The van der Waals surface area contributed by atoms with Crippen molar-refractivity contribution < 1.29 is 14.9 Å². The summed E-state index contributed by atoms with van der Waals surface area (Å²) in [5, 5.41) is 21.3. The van der Waals surface area contributed by atoms with Gasteiger partial charge in [-0.25, -0.2) is 0 Å². The topological polar surface area (TPSA) is 52.9 Å². The van der Waals surface area contributed by atoms with Gasteiger partial charge in [0.25, 0.3) is 0 Å². The predicted molar refractivity (Wildman–Crippen MR) is 98.7 cm³/mol. The van der Waals surface area contributed by atoms with Gasteiger partial charge in [-0.05, 0) is 29.7 Å². The highest BCUT2D eigenvalue weighted by Gasteiger charge is 2.39. The first-order chi connectivity index (χ1) is 12.1. The second-order valence-electron chi connectivity index (χ2n) is 6.70. The van der Waals surface area contributed by atoms with Crippen LogP contribution in [0.1, 0.15) is 30.4 Å². The maximum absolute atomic E-state index is 11.7. The van der Waals surface area contributed by atoms with E-state index in [0.29, 0.717) is 6.42 Å². The molecular formula is C21H27NO3. The molecule has 1 aliphatic rings. The molecule has 2 aromatic rings. The van der Waals surface area contributed by atoms with E-state index < -0.39 is 5.60 Å². The Balaban J connectivity index is 1.96. The molecule has 25 heavy (non-hydrogen) atoms. The molecule has 134 valence electrons. The number of hydrogen-bond donors (Lipinski definition) is 2. The van der Waals surface area contributed by atoms with Gasteiger partial charge in [0.1, 0.15) is 5.75 Å². The summed E-state index contributed by atoms with van der Waals surface area (Å²) in [5.74, 6) is 0.160. The van der Waals surface area contributed by atoms with Gasteiger partial charge in [0, 0.05) is 25.6 Å². The lowest BCUT2D eigenvalue weighted by molar-refractivity contribution is -0.0250. The molecule has 0 spiro atoms. The van der Waals surface area contributed by atoms with Crippen molar-refractivity contribution in [3.8, 4) is 5.75 Å². The first-order valence-electron chi connectivity index (χ1n) is 9.00. The molecular weight excluding hydrogens is 314 g/mol. The number of nitrogens with zero attached hydrogens (tertiary/aromatic N) is 1. The van der Waals surface area contributed by atoms with Crippen LogP contribution < -0.4 is 0 Å². The fraction of sp³-hybridized carbons (Fsp3) is 0.429. The van der Waals surface area contributed by atoms with E-state index in [4.69, 9.17) is 4.74 Å². The van der Waals surface area contributed by atoms with E-state index in [2.05, 4.69) is 17.0 Å². The monoisotopic (exact) mass is 341 g/mol. The third kappa shape index (κ3) is 4.03. The van der Waals surface area contributed by atoms with Gasteiger partial charge in [-0.2, -0.15) is 0 Å². The van der Waals surface area contributed by atoms with Crippen molar-refractivity contribution in [2.75, 3.05) is 32.8 Å². The molecule has 0 saturated carbocycles. The number of benzene rings is 2. The zero-order chi connectivity index (χ0) is 17.7.